The number of aliphatic hydroxyl groups excluding tert-OH is 3. The van der Waals surface area contributed by atoms with Crippen molar-refractivity contribution >= 4 is 0 Å². The molecule has 0 spiro atoms. The average molecular weight is 276 g/mol. The Labute approximate surface area is 105 Å². The second-order valence-corrected chi connectivity index (χ2v) is 4.37. The fourth-order valence-electron chi connectivity index (χ4n) is 1.88. The lowest BCUT2D eigenvalue weighted by Crippen LogP contribution is -2.42. The van der Waals surface area contributed by atoms with Gasteiger partial charge in [0, 0.05) is 11.8 Å². The normalized spacial score (nSPS) is 34.7. The van der Waals surface area contributed by atoms with Gasteiger partial charge in [-0.2, -0.15) is 0 Å². The topological polar surface area (TPSA) is 125 Å². The van der Waals surface area contributed by atoms with E-state index >= 15 is 0 Å². The highest BCUT2D eigenvalue weighted by Gasteiger charge is 2.55. The number of rotatable bonds is 2. The van der Waals surface area contributed by atoms with Crippen molar-refractivity contribution in [3.05, 3.63) is 32.6 Å². The Morgan fingerprint density at radius 3 is 2.68 bits per heavy atom. The minimum Gasteiger partial charge on any atom is -0.390 e. The highest BCUT2D eigenvalue weighted by atomic mass is 19.2. The number of H-pyrrole nitrogens is 1. The molecule has 4 atom stereocenters. The first-order valence-electron chi connectivity index (χ1n) is 5.46. The average Bonchev–Trinajstić information content (AvgIpc) is 2.59. The van der Waals surface area contributed by atoms with Crippen LogP contribution in [0.5, 0.6) is 0 Å². The van der Waals surface area contributed by atoms with E-state index in [2.05, 4.69) is 0 Å². The Morgan fingerprint density at radius 2 is 2.16 bits per heavy atom. The molecule has 0 radical (unpaired) electrons. The maximum Gasteiger partial charge on any atom is 0.330 e. The number of nitrogens with zero attached hydrogens (tertiary/aromatic N) is 1. The lowest BCUT2D eigenvalue weighted by atomic mass is 10.1. The number of hydrogen-bond donors (Lipinski definition) is 4. The van der Waals surface area contributed by atoms with Gasteiger partial charge in [-0.3, -0.25) is 14.3 Å². The second kappa shape index (κ2) is 4.53. The Kier molecular flexibility index (Phi) is 3.31. The number of halogens is 1. The third kappa shape index (κ3) is 2.10. The molecule has 1 aliphatic heterocycles. The lowest BCUT2D eigenvalue weighted by Gasteiger charge is -2.20. The van der Waals surface area contributed by atoms with Gasteiger partial charge in [0.25, 0.3) is 11.4 Å². The number of alkyl halides is 1. The van der Waals surface area contributed by atoms with Crippen LogP contribution < -0.4 is 11.2 Å². The Morgan fingerprint density at radius 1 is 1.53 bits per heavy atom. The smallest absolute Gasteiger partial charge is 0.330 e. The maximum atomic E-state index is 13.9. The molecule has 9 heteroatoms. The van der Waals surface area contributed by atoms with Gasteiger partial charge in [0.1, 0.15) is 18.8 Å². The van der Waals surface area contributed by atoms with Gasteiger partial charge in [-0.25, -0.2) is 9.18 Å². The molecule has 0 bridgehead atoms. The molecule has 0 aromatic carbocycles. The molecule has 19 heavy (non-hydrogen) atoms. The standard InChI is InChI=1S/C10H13FN2O6/c1-4-2-13(9(18)12-7(4)17)8-5(15)6(16)10(11,3-14)19-8/h2,5-6,8,14-16H,3H2,1H3,(H,12,17,18)/t5-,6+,8-,10-/m1/s1. The number of hydrogen-bond acceptors (Lipinski definition) is 6. The molecule has 0 unspecified atom stereocenters. The fraction of sp³-hybridized carbons (Fsp3) is 0.600. The third-order valence-corrected chi connectivity index (χ3v) is 3.01. The van der Waals surface area contributed by atoms with E-state index in [0.717, 1.165) is 10.8 Å². The van der Waals surface area contributed by atoms with Crippen molar-refractivity contribution in [1.82, 2.24) is 9.55 Å². The van der Waals surface area contributed by atoms with Crippen molar-refractivity contribution in [1.29, 1.82) is 0 Å². The lowest BCUT2D eigenvalue weighted by molar-refractivity contribution is -0.207. The van der Waals surface area contributed by atoms with E-state index in [0.29, 0.717) is 0 Å². The summed E-state index contributed by atoms with van der Waals surface area (Å²) < 4.78 is 19.3. The van der Waals surface area contributed by atoms with Gasteiger partial charge in [0.05, 0.1) is 0 Å². The monoisotopic (exact) mass is 276 g/mol. The molecule has 8 nitrogen and oxygen atoms in total. The summed E-state index contributed by atoms with van der Waals surface area (Å²) >= 11 is 0. The molecule has 1 saturated heterocycles. The number of aliphatic hydroxyl groups is 3. The molecule has 1 aliphatic rings. The van der Waals surface area contributed by atoms with Crippen molar-refractivity contribution in [2.24, 2.45) is 0 Å². The van der Waals surface area contributed by atoms with Gasteiger partial charge in [-0.05, 0) is 6.92 Å². The van der Waals surface area contributed by atoms with Crippen molar-refractivity contribution in [2.75, 3.05) is 6.61 Å². The zero-order valence-corrected chi connectivity index (χ0v) is 9.91. The zero-order valence-electron chi connectivity index (χ0n) is 9.91. The summed E-state index contributed by atoms with van der Waals surface area (Å²) in [6.07, 6.45) is -4.25. The number of nitrogens with one attached hydrogen (secondary N) is 1. The van der Waals surface area contributed by atoms with Gasteiger partial charge in [-0.1, -0.05) is 0 Å². The van der Waals surface area contributed by atoms with Gasteiger partial charge >= 0.3 is 5.69 Å². The fourth-order valence-corrected chi connectivity index (χ4v) is 1.88. The number of ether oxygens (including phenoxy) is 1. The van der Waals surface area contributed by atoms with Gasteiger partial charge in [0.15, 0.2) is 6.23 Å². The van der Waals surface area contributed by atoms with E-state index < -0.39 is 42.1 Å². The predicted octanol–water partition coefficient (Wildman–Crippen LogP) is -2.25. The van der Waals surface area contributed by atoms with E-state index in [-0.39, 0.29) is 5.56 Å². The predicted molar refractivity (Wildman–Crippen MR) is 59.1 cm³/mol. The van der Waals surface area contributed by atoms with Crippen molar-refractivity contribution < 1.29 is 24.4 Å². The number of aryl methyl sites for hydroxylation is 1. The van der Waals surface area contributed by atoms with Crippen LogP contribution in [0.25, 0.3) is 0 Å². The molecule has 1 aromatic heterocycles. The minimum atomic E-state index is -2.87. The molecule has 1 aromatic rings. The molecule has 106 valence electrons. The quantitative estimate of drug-likeness (QED) is 0.484. The molecule has 2 rings (SSSR count). The van der Waals surface area contributed by atoms with E-state index in [9.17, 15) is 24.2 Å². The third-order valence-electron chi connectivity index (χ3n) is 3.01. The van der Waals surface area contributed by atoms with E-state index in [1.165, 1.54) is 6.92 Å². The van der Waals surface area contributed by atoms with Crippen LogP contribution in [0.4, 0.5) is 4.39 Å². The largest absolute Gasteiger partial charge is 0.390 e. The first kappa shape index (κ1) is 13.9. The van der Waals surface area contributed by atoms with E-state index in [4.69, 9.17) is 9.84 Å². The zero-order chi connectivity index (χ0) is 14.4. The first-order valence-corrected chi connectivity index (χ1v) is 5.46. The SMILES string of the molecule is Cc1cn([C@@H]2O[C@](F)(CO)[C@@H](O)[C@H]2O)c(=O)[nH]c1=O. The summed E-state index contributed by atoms with van der Waals surface area (Å²) in [5.74, 6) is -2.87. The maximum absolute atomic E-state index is 13.9. The van der Waals surface area contributed by atoms with Crippen LogP contribution in [0.3, 0.4) is 0 Å². The van der Waals surface area contributed by atoms with Crippen LogP contribution in [0.2, 0.25) is 0 Å². The first-order chi connectivity index (χ1) is 8.80. The Balaban J connectivity index is 2.47. The summed E-state index contributed by atoms with van der Waals surface area (Å²) in [4.78, 5) is 24.7. The molecular weight excluding hydrogens is 263 g/mol. The molecular formula is C10H13FN2O6. The molecule has 1 fully saturated rings. The van der Waals surface area contributed by atoms with Crippen LogP contribution in [0.1, 0.15) is 11.8 Å². The van der Waals surface area contributed by atoms with Crippen LogP contribution >= 0.6 is 0 Å². The van der Waals surface area contributed by atoms with Gasteiger partial charge in [-0.15, -0.1) is 0 Å². The highest BCUT2D eigenvalue weighted by Crippen LogP contribution is 2.37. The number of aromatic nitrogens is 2. The molecule has 0 saturated carbocycles. The second-order valence-electron chi connectivity index (χ2n) is 4.37. The molecule has 0 aliphatic carbocycles. The number of aromatic amines is 1. The minimum absolute atomic E-state index is 0.144. The Bertz CT molecular complexity index is 598. The summed E-state index contributed by atoms with van der Waals surface area (Å²) in [6.45, 7) is 0.222. The summed E-state index contributed by atoms with van der Waals surface area (Å²) in [5, 5.41) is 28.0. The summed E-state index contributed by atoms with van der Waals surface area (Å²) in [5.41, 5.74) is -1.40. The highest BCUT2D eigenvalue weighted by molar-refractivity contribution is 5.04. The van der Waals surface area contributed by atoms with Crippen molar-refractivity contribution in [2.45, 2.75) is 31.2 Å². The van der Waals surface area contributed by atoms with Crippen molar-refractivity contribution in [3.63, 3.8) is 0 Å². The summed E-state index contributed by atoms with van der Waals surface area (Å²) in [7, 11) is 0. The summed E-state index contributed by atoms with van der Waals surface area (Å²) in [6, 6.07) is 0. The van der Waals surface area contributed by atoms with E-state index in [1.807, 2.05) is 4.98 Å². The molecule has 2 heterocycles. The Hall–Kier alpha value is -1.55. The van der Waals surface area contributed by atoms with Crippen LogP contribution in [-0.2, 0) is 4.74 Å². The van der Waals surface area contributed by atoms with E-state index in [1.54, 1.807) is 0 Å². The van der Waals surface area contributed by atoms with Crippen LogP contribution in [0.15, 0.2) is 15.8 Å². The van der Waals surface area contributed by atoms with Crippen LogP contribution in [0, 0.1) is 6.92 Å². The van der Waals surface area contributed by atoms with Crippen molar-refractivity contribution in [3.8, 4) is 0 Å². The molecule has 0 amide bonds. The van der Waals surface area contributed by atoms with Crippen LogP contribution in [-0.4, -0.2) is 49.5 Å². The van der Waals surface area contributed by atoms with Gasteiger partial charge in [0.2, 0.25) is 0 Å². The molecule has 4 N–H and O–H groups in total. The van der Waals surface area contributed by atoms with Gasteiger partial charge < -0.3 is 20.1 Å².